The van der Waals surface area contributed by atoms with Gasteiger partial charge in [0.2, 0.25) is 0 Å². The molecule has 0 atom stereocenters. The average molecular weight is 1520 g/mol. The summed E-state index contributed by atoms with van der Waals surface area (Å²) in [7, 11) is 0. The average Bonchev–Trinajstić information content (AvgIpc) is 1.50. The number of aromatic nitrogens is 4. The first kappa shape index (κ1) is 79.1. The second-order valence-electron chi connectivity index (χ2n) is 30.2. The minimum atomic E-state index is -0.759. The highest BCUT2D eigenvalue weighted by molar-refractivity contribution is 14.1. The van der Waals surface area contributed by atoms with Gasteiger partial charge in [-0.25, -0.2) is 18.0 Å². The molecule has 3 aromatic carbocycles. The quantitative estimate of drug-likeness (QED) is 0.0285. The van der Waals surface area contributed by atoms with Crippen LogP contribution in [0, 0.1) is 18.8 Å². The number of fused-ring (bicyclic) bond motifs is 10. The summed E-state index contributed by atoms with van der Waals surface area (Å²) < 4.78 is 53.1. The second kappa shape index (κ2) is 46.3. The van der Waals surface area contributed by atoms with Crippen LogP contribution < -0.4 is 0 Å². The minimum absolute atomic E-state index is 0.256. The Bertz CT molecular complexity index is 2590. The van der Waals surface area contributed by atoms with Crippen molar-refractivity contribution in [1.82, 2.24) is 20.6 Å². The van der Waals surface area contributed by atoms with Gasteiger partial charge in [-0.05, 0) is 115 Å². The molecule has 0 fully saturated rings. The zero-order valence-electron chi connectivity index (χ0n) is 60.7. The molecule has 2 heterocycles. The van der Waals surface area contributed by atoms with E-state index >= 15 is 8.78 Å². The zero-order valence-corrected chi connectivity index (χ0v) is 65.0. The lowest BCUT2D eigenvalue weighted by Crippen LogP contribution is -2.29. The van der Waals surface area contributed by atoms with E-state index in [2.05, 4.69) is 106 Å². The molecule has 2 aromatic heterocycles. The summed E-state index contributed by atoms with van der Waals surface area (Å²) in [6.45, 7) is 9.19. The standard InChI is InChI=1S/C84H134F2I2N4O2/c1-5-9-13-17-21-25-29-33-37-41-45-49-53-57-61-83(62-58-54-50-46-42-38-34-30-26-22-18-14-10-6-2)67-65-69(87)79-81(91-93-89-79)71(67)73-75(83)77(85)74-72-68(66-70(88)80-82(72)92-94-90-80)84(76(74)78(73)86,63-59-55-51-47-43-39-35-31-27-23-19-15-11-7-3)64-60-56-52-48-44-40-36-32-28-24-20-16-12-8-4/h65-66H,5-64H2,1-4H3. The predicted octanol–water partition coefficient (Wildman–Crippen LogP) is 30.3. The van der Waals surface area contributed by atoms with Crippen LogP contribution in [-0.2, 0) is 10.8 Å². The van der Waals surface area contributed by atoms with Gasteiger partial charge in [0.1, 0.15) is 33.7 Å². The fourth-order valence-corrected chi connectivity index (χ4v) is 18.5. The smallest absolute Gasteiger partial charge is 0.149 e. The highest BCUT2D eigenvalue weighted by atomic mass is 127. The van der Waals surface area contributed by atoms with Gasteiger partial charge in [-0.1, -0.05) is 387 Å². The van der Waals surface area contributed by atoms with Gasteiger partial charge in [0.05, 0.1) is 0 Å². The van der Waals surface area contributed by atoms with E-state index in [9.17, 15) is 0 Å². The Kier molecular flexibility index (Phi) is 38.9. The number of halogens is 4. The molecule has 530 valence electrons. The van der Waals surface area contributed by atoms with Crippen LogP contribution in [0.2, 0.25) is 0 Å². The normalized spacial score (nSPS) is 13.7. The lowest BCUT2D eigenvalue weighted by atomic mass is 9.68. The molecule has 0 radical (unpaired) electrons. The molecular weight excluding hydrogens is 1390 g/mol. The van der Waals surface area contributed by atoms with Crippen molar-refractivity contribution in [2.45, 2.75) is 424 Å². The van der Waals surface area contributed by atoms with Crippen molar-refractivity contribution >= 4 is 67.2 Å². The molecular formula is C84H134F2I2N4O2. The highest BCUT2D eigenvalue weighted by Gasteiger charge is 2.55. The van der Waals surface area contributed by atoms with E-state index < -0.39 is 10.8 Å². The van der Waals surface area contributed by atoms with Crippen molar-refractivity contribution in [2.75, 3.05) is 0 Å². The molecule has 0 saturated carbocycles. The summed E-state index contributed by atoms with van der Waals surface area (Å²) in [5.41, 5.74) is 6.37. The summed E-state index contributed by atoms with van der Waals surface area (Å²) in [6, 6.07) is 4.49. The molecule has 5 aromatic rings. The SMILES string of the molecule is CCCCCCCCCCCCCCCCC1(CCCCCCCCCCCCCCCC)c2cc(I)c3nonc3c2-c2c(F)c3c(c(F)c21)-c1c(cc(I)c2nonc12)C3(CCCCCCCCCCCCCCCC)CCCCCCCCCCCCCCCC. The molecule has 0 saturated heterocycles. The van der Waals surface area contributed by atoms with E-state index in [1.807, 2.05) is 0 Å². The first-order valence-electron chi connectivity index (χ1n) is 40.8. The topological polar surface area (TPSA) is 77.8 Å². The zero-order chi connectivity index (χ0) is 66.3. The highest BCUT2D eigenvalue weighted by Crippen LogP contribution is 2.65. The van der Waals surface area contributed by atoms with E-state index in [0.717, 1.165) is 106 Å². The van der Waals surface area contributed by atoms with Crippen molar-refractivity contribution in [3.05, 3.63) is 53.2 Å². The maximum Gasteiger partial charge on any atom is 0.149 e. The molecule has 6 nitrogen and oxygen atoms in total. The van der Waals surface area contributed by atoms with E-state index in [1.54, 1.807) is 0 Å². The minimum Gasteiger partial charge on any atom is -0.243 e. The number of rotatable bonds is 60. The summed E-state index contributed by atoms with van der Waals surface area (Å²) >= 11 is 4.78. The van der Waals surface area contributed by atoms with Crippen molar-refractivity contribution in [1.29, 1.82) is 0 Å². The molecule has 94 heavy (non-hydrogen) atoms. The maximum atomic E-state index is 20.0. The van der Waals surface area contributed by atoms with Crippen molar-refractivity contribution in [3.63, 3.8) is 0 Å². The van der Waals surface area contributed by atoms with E-state index in [1.165, 1.54) is 308 Å². The largest absolute Gasteiger partial charge is 0.243 e. The van der Waals surface area contributed by atoms with Crippen LogP contribution in [0.5, 0.6) is 0 Å². The van der Waals surface area contributed by atoms with E-state index in [-0.39, 0.29) is 11.6 Å². The Morgan fingerprint density at radius 2 is 0.447 bits per heavy atom. The Morgan fingerprint density at radius 3 is 0.649 bits per heavy atom. The van der Waals surface area contributed by atoms with Gasteiger partial charge in [0.25, 0.3) is 0 Å². The Labute approximate surface area is 600 Å². The maximum absolute atomic E-state index is 20.0. The molecule has 0 N–H and O–H groups in total. The summed E-state index contributed by atoms with van der Waals surface area (Å²) in [6.07, 6.45) is 74.6. The van der Waals surface area contributed by atoms with E-state index in [0.29, 0.717) is 44.3 Å². The fraction of sp³-hybridized carbons (Fsp3) is 0.786. The van der Waals surface area contributed by atoms with Crippen LogP contribution in [0.15, 0.2) is 21.4 Å². The third-order valence-corrected chi connectivity index (χ3v) is 24.3. The van der Waals surface area contributed by atoms with Gasteiger partial charge < -0.3 is 0 Å². The summed E-state index contributed by atoms with van der Waals surface area (Å²) in [4.78, 5) is 0. The van der Waals surface area contributed by atoms with Crippen molar-refractivity contribution in [2.24, 2.45) is 0 Å². The van der Waals surface area contributed by atoms with E-state index in [4.69, 9.17) is 9.26 Å². The molecule has 2 aliphatic rings. The molecule has 10 heteroatoms. The van der Waals surface area contributed by atoms with Gasteiger partial charge in [0.15, 0.2) is 0 Å². The van der Waals surface area contributed by atoms with Crippen molar-refractivity contribution < 1.29 is 18.0 Å². The van der Waals surface area contributed by atoms with Gasteiger partial charge in [0, 0.05) is 51.4 Å². The molecule has 0 aliphatic heterocycles. The molecule has 2 aliphatic carbocycles. The number of hydrogen-bond donors (Lipinski definition) is 0. The molecule has 0 spiro atoms. The van der Waals surface area contributed by atoms with Gasteiger partial charge >= 0.3 is 0 Å². The van der Waals surface area contributed by atoms with Crippen LogP contribution >= 0.6 is 45.2 Å². The van der Waals surface area contributed by atoms with Gasteiger partial charge in [-0.15, -0.1) is 0 Å². The number of unbranched alkanes of at least 4 members (excludes halogenated alkanes) is 52. The monoisotopic (exact) mass is 1520 g/mol. The van der Waals surface area contributed by atoms with Gasteiger partial charge in [-0.3, -0.25) is 0 Å². The first-order chi connectivity index (χ1) is 46.3. The van der Waals surface area contributed by atoms with Crippen LogP contribution in [0.3, 0.4) is 0 Å². The van der Waals surface area contributed by atoms with Crippen LogP contribution in [0.1, 0.15) is 435 Å². The van der Waals surface area contributed by atoms with Gasteiger partial charge in [-0.2, -0.15) is 0 Å². The molecule has 7 rings (SSSR count). The lowest BCUT2D eigenvalue weighted by Gasteiger charge is -2.35. The number of hydrogen-bond acceptors (Lipinski definition) is 6. The number of nitrogens with zero attached hydrogens (tertiary/aromatic N) is 4. The lowest BCUT2D eigenvalue weighted by molar-refractivity contribution is 0.315. The summed E-state index contributed by atoms with van der Waals surface area (Å²) in [5.74, 6) is -0.512. The first-order valence-corrected chi connectivity index (χ1v) is 42.9. The molecule has 0 bridgehead atoms. The fourth-order valence-electron chi connectivity index (χ4n) is 17.2. The third kappa shape index (κ3) is 23.4. The van der Waals surface area contributed by atoms with Crippen LogP contribution in [-0.4, -0.2) is 20.6 Å². The third-order valence-electron chi connectivity index (χ3n) is 22.7. The van der Waals surface area contributed by atoms with Crippen molar-refractivity contribution in [3.8, 4) is 22.3 Å². The second-order valence-corrected chi connectivity index (χ2v) is 32.5. The Hall–Kier alpha value is -2.22. The molecule has 0 amide bonds. The van der Waals surface area contributed by atoms with Crippen LogP contribution in [0.4, 0.5) is 8.78 Å². The predicted molar refractivity (Wildman–Crippen MR) is 415 cm³/mol. The Balaban J connectivity index is 1.18. The van der Waals surface area contributed by atoms with Crippen LogP contribution in [0.25, 0.3) is 44.3 Å². The Morgan fingerprint density at radius 1 is 0.266 bits per heavy atom. The summed E-state index contributed by atoms with van der Waals surface area (Å²) in [5, 5.41) is 18.3. The molecule has 0 unspecified atom stereocenters. The number of benzene rings is 3.